The van der Waals surface area contributed by atoms with Crippen LogP contribution in [0.2, 0.25) is 0 Å². The molecule has 0 aromatic heterocycles. The molecule has 1 aromatic carbocycles. The zero-order valence-corrected chi connectivity index (χ0v) is 15.3. The average molecular weight is 384 g/mol. The van der Waals surface area contributed by atoms with Crippen LogP contribution in [0.3, 0.4) is 0 Å². The maximum Gasteiger partial charge on any atom is 0.338 e. The highest BCUT2D eigenvalue weighted by Gasteiger charge is 2.52. The van der Waals surface area contributed by atoms with E-state index in [1.807, 2.05) is 13.8 Å². The van der Waals surface area contributed by atoms with E-state index in [1.165, 1.54) is 6.07 Å². The number of halogens is 2. The molecule has 7 nitrogen and oxygen atoms in total. The molecule has 1 aliphatic heterocycles. The van der Waals surface area contributed by atoms with Crippen LogP contribution >= 0.6 is 0 Å². The van der Waals surface area contributed by atoms with E-state index in [1.54, 1.807) is 6.92 Å². The average Bonchev–Trinajstić information content (AvgIpc) is 3.38. The fraction of sp³-hybridized carbons (Fsp3) is 0.500. The molecule has 0 saturated carbocycles. The third-order valence-electron chi connectivity index (χ3n) is 3.82. The summed E-state index contributed by atoms with van der Waals surface area (Å²) in [6.45, 7) is 5.43. The number of anilines is 1. The Morgan fingerprint density at radius 3 is 2.37 bits per heavy atom. The quantitative estimate of drug-likeness (QED) is 0.526. The Bertz CT molecular complexity index is 705. The number of esters is 1. The summed E-state index contributed by atoms with van der Waals surface area (Å²) in [5, 5.41) is 4.63. The van der Waals surface area contributed by atoms with Crippen molar-refractivity contribution in [2.24, 2.45) is 5.92 Å². The molecule has 2 amide bonds. The molecule has 0 aliphatic carbocycles. The minimum atomic E-state index is -1.05. The summed E-state index contributed by atoms with van der Waals surface area (Å²) in [5.74, 6) is -3.93. The van der Waals surface area contributed by atoms with Gasteiger partial charge in [0.05, 0.1) is 6.61 Å². The van der Waals surface area contributed by atoms with E-state index >= 15 is 0 Å². The lowest BCUT2D eigenvalue weighted by atomic mass is 10.0. The number of amides is 2. The topological polar surface area (TPSA) is 97.0 Å². The van der Waals surface area contributed by atoms with Crippen LogP contribution in [0.5, 0.6) is 0 Å². The first-order valence-corrected chi connectivity index (χ1v) is 8.61. The maximum atomic E-state index is 13.7. The number of carbonyl (C=O) groups excluding carboxylic acids is 3. The van der Waals surface area contributed by atoms with Gasteiger partial charge in [-0.2, -0.15) is 0 Å². The minimum absolute atomic E-state index is 0.00694. The van der Waals surface area contributed by atoms with Crippen molar-refractivity contribution in [1.29, 1.82) is 0 Å². The molecule has 1 aliphatic rings. The Morgan fingerprint density at radius 2 is 1.81 bits per heavy atom. The Hall–Kier alpha value is -2.55. The van der Waals surface area contributed by atoms with Gasteiger partial charge in [0, 0.05) is 0 Å². The van der Waals surface area contributed by atoms with E-state index < -0.39 is 53.4 Å². The highest BCUT2D eigenvalue weighted by Crippen LogP contribution is 2.24. The van der Waals surface area contributed by atoms with Gasteiger partial charge >= 0.3 is 5.97 Å². The fourth-order valence-electron chi connectivity index (χ4n) is 2.50. The molecule has 0 bridgehead atoms. The Balaban J connectivity index is 2.03. The second-order valence-electron chi connectivity index (χ2n) is 6.51. The third-order valence-corrected chi connectivity index (χ3v) is 3.82. The van der Waals surface area contributed by atoms with Gasteiger partial charge < -0.3 is 20.1 Å². The Kier molecular flexibility index (Phi) is 6.84. The van der Waals surface area contributed by atoms with Crippen molar-refractivity contribution in [2.75, 3.05) is 11.9 Å². The monoisotopic (exact) mass is 384 g/mol. The van der Waals surface area contributed by atoms with Crippen LogP contribution in [0.15, 0.2) is 18.2 Å². The second kappa shape index (κ2) is 8.90. The maximum absolute atomic E-state index is 13.7. The molecule has 0 spiro atoms. The van der Waals surface area contributed by atoms with Crippen molar-refractivity contribution in [3.63, 3.8) is 0 Å². The minimum Gasteiger partial charge on any atom is -0.464 e. The van der Waals surface area contributed by atoms with Crippen LogP contribution in [-0.2, 0) is 23.9 Å². The zero-order chi connectivity index (χ0) is 20.1. The smallest absolute Gasteiger partial charge is 0.338 e. The van der Waals surface area contributed by atoms with Crippen LogP contribution in [0, 0.1) is 17.6 Å². The lowest BCUT2D eigenvalue weighted by molar-refractivity contribution is -0.144. The van der Waals surface area contributed by atoms with Crippen LogP contribution in [-0.4, -0.2) is 42.6 Å². The molecule has 2 N–H and O–H groups in total. The molecule has 2 rings (SSSR count). The lowest BCUT2D eigenvalue weighted by Gasteiger charge is -2.20. The molecular formula is C18H22F2N2O5. The molecule has 1 heterocycles. The molecule has 1 aromatic rings. The van der Waals surface area contributed by atoms with Gasteiger partial charge in [-0.3, -0.25) is 9.59 Å². The lowest BCUT2D eigenvalue weighted by Crippen LogP contribution is -2.46. The predicted molar refractivity (Wildman–Crippen MR) is 91.7 cm³/mol. The van der Waals surface area contributed by atoms with Crippen molar-refractivity contribution in [1.82, 2.24) is 5.32 Å². The SMILES string of the molecule is CCOC(=O)[C@@H]1O[C@H]1C(=O)N[C@@H](CC(C)C)C(=O)Nc1c(F)cccc1F. The van der Waals surface area contributed by atoms with Crippen LogP contribution in [0.4, 0.5) is 14.5 Å². The predicted octanol–water partition coefficient (Wildman–Crippen LogP) is 1.76. The van der Waals surface area contributed by atoms with E-state index in [-0.39, 0.29) is 18.9 Å². The Morgan fingerprint density at radius 1 is 1.19 bits per heavy atom. The highest BCUT2D eigenvalue weighted by atomic mass is 19.1. The van der Waals surface area contributed by atoms with Crippen LogP contribution in [0.25, 0.3) is 0 Å². The first kappa shape index (κ1) is 20.8. The van der Waals surface area contributed by atoms with Crippen molar-refractivity contribution >= 4 is 23.5 Å². The molecular weight excluding hydrogens is 362 g/mol. The van der Waals surface area contributed by atoms with Crippen molar-refractivity contribution < 1.29 is 32.6 Å². The fourth-order valence-corrected chi connectivity index (χ4v) is 2.50. The number of epoxide rings is 1. The largest absolute Gasteiger partial charge is 0.464 e. The normalized spacial score (nSPS) is 19.3. The van der Waals surface area contributed by atoms with Gasteiger partial charge in [0.25, 0.3) is 5.91 Å². The van der Waals surface area contributed by atoms with Gasteiger partial charge in [-0.15, -0.1) is 0 Å². The number of rotatable bonds is 8. The van der Waals surface area contributed by atoms with E-state index in [9.17, 15) is 23.2 Å². The number of nitrogens with one attached hydrogen (secondary N) is 2. The van der Waals surface area contributed by atoms with Gasteiger partial charge in [0.2, 0.25) is 5.91 Å². The summed E-state index contributed by atoms with van der Waals surface area (Å²) < 4.78 is 37.2. The van der Waals surface area contributed by atoms with Gasteiger partial charge in [-0.1, -0.05) is 19.9 Å². The van der Waals surface area contributed by atoms with Gasteiger partial charge in [-0.05, 0) is 31.4 Å². The molecule has 1 fully saturated rings. The number of para-hydroxylation sites is 1. The van der Waals surface area contributed by atoms with Crippen molar-refractivity contribution in [2.45, 2.75) is 45.4 Å². The number of ether oxygens (including phenoxy) is 2. The van der Waals surface area contributed by atoms with Crippen molar-refractivity contribution in [3.8, 4) is 0 Å². The molecule has 0 radical (unpaired) electrons. The molecule has 0 unspecified atom stereocenters. The highest BCUT2D eigenvalue weighted by molar-refractivity contribution is 5.99. The first-order chi connectivity index (χ1) is 12.7. The molecule has 9 heteroatoms. The Labute approximate surface area is 155 Å². The van der Waals surface area contributed by atoms with Gasteiger partial charge in [0.1, 0.15) is 23.4 Å². The van der Waals surface area contributed by atoms with Gasteiger partial charge in [-0.25, -0.2) is 13.6 Å². The van der Waals surface area contributed by atoms with E-state index in [2.05, 4.69) is 10.6 Å². The number of hydrogen-bond acceptors (Lipinski definition) is 5. The summed E-state index contributed by atoms with van der Waals surface area (Å²) >= 11 is 0. The van der Waals surface area contributed by atoms with Crippen LogP contribution < -0.4 is 10.6 Å². The summed E-state index contributed by atoms with van der Waals surface area (Å²) in [7, 11) is 0. The van der Waals surface area contributed by atoms with E-state index in [0.29, 0.717) is 0 Å². The van der Waals surface area contributed by atoms with E-state index in [4.69, 9.17) is 9.47 Å². The standard InChI is InChI=1S/C18H22F2N2O5/c1-4-26-18(25)15-14(27-15)17(24)21-12(8-9(2)3)16(23)22-13-10(19)6-5-7-11(13)20/h5-7,9,12,14-15H,4,8H2,1-3H3,(H,21,24)(H,22,23)/t12-,14+,15+/m0/s1. The number of benzene rings is 1. The summed E-state index contributed by atoms with van der Waals surface area (Å²) in [6, 6.07) is 2.14. The number of hydrogen-bond donors (Lipinski definition) is 2. The molecule has 3 atom stereocenters. The molecule has 148 valence electrons. The first-order valence-electron chi connectivity index (χ1n) is 8.61. The second-order valence-corrected chi connectivity index (χ2v) is 6.51. The summed E-state index contributed by atoms with van der Waals surface area (Å²) in [5.41, 5.74) is -0.586. The molecule has 1 saturated heterocycles. The van der Waals surface area contributed by atoms with E-state index in [0.717, 1.165) is 12.1 Å². The third kappa shape index (κ3) is 5.46. The number of carbonyl (C=O) groups is 3. The summed E-state index contributed by atoms with van der Waals surface area (Å²) in [4.78, 5) is 36.2. The summed E-state index contributed by atoms with van der Waals surface area (Å²) in [6.07, 6.45) is -1.82. The van der Waals surface area contributed by atoms with Crippen LogP contribution in [0.1, 0.15) is 27.2 Å². The van der Waals surface area contributed by atoms with Crippen molar-refractivity contribution in [3.05, 3.63) is 29.8 Å². The molecule has 27 heavy (non-hydrogen) atoms. The van der Waals surface area contributed by atoms with Gasteiger partial charge in [0.15, 0.2) is 12.2 Å². The zero-order valence-electron chi connectivity index (χ0n) is 15.3.